The summed E-state index contributed by atoms with van der Waals surface area (Å²) >= 11 is 0. The van der Waals surface area contributed by atoms with E-state index in [4.69, 9.17) is 0 Å². The molecule has 1 saturated heterocycles. The van der Waals surface area contributed by atoms with Crippen molar-refractivity contribution in [1.82, 2.24) is 4.90 Å². The van der Waals surface area contributed by atoms with Gasteiger partial charge in [0.15, 0.2) is 0 Å². The van der Waals surface area contributed by atoms with E-state index < -0.39 is 0 Å². The SMILES string of the molecule is CCc1ccccc1NCC(=O)N1CCCC2CCCCC21. The maximum atomic E-state index is 12.7. The third-order valence-corrected chi connectivity index (χ3v) is 5.39. The summed E-state index contributed by atoms with van der Waals surface area (Å²) < 4.78 is 0. The molecule has 2 aliphatic rings. The largest absolute Gasteiger partial charge is 0.376 e. The Labute approximate surface area is 134 Å². The Hall–Kier alpha value is -1.51. The van der Waals surface area contributed by atoms with Crippen molar-refractivity contribution in [3.8, 4) is 0 Å². The molecule has 0 aromatic heterocycles. The maximum absolute atomic E-state index is 12.7. The third kappa shape index (κ3) is 3.29. The number of hydrogen-bond acceptors (Lipinski definition) is 2. The average Bonchev–Trinajstić information content (AvgIpc) is 2.59. The van der Waals surface area contributed by atoms with E-state index in [0.717, 1.165) is 24.6 Å². The number of nitrogens with one attached hydrogen (secondary N) is 1. The Morgan fingerprint density at radius 2 is 1.95 bits per heavy atom. The van der Waals surface area contributed by atoms with Crippen molar-refractivity contribution in [2.75, 3.05) is 18.4 Å². The molecule has 1 amide bonds. The van der Waals surface area contributed by atoms with Crippen molar-refractivity contribution in [1.29, 1.82) is 0 Å². The van der Waals surface area contributed by atoms with Gasteiger partial charge >= 0.3 is 0 Å². The topological polar surface area (TPSA) is 32.3 Å². The Morgan fingerprint density at radius 3 is 2.82 bits per heavy atom. The zero-order chi connectivity index (χ0) is 15.4. The van der Waals surface area contributed by atoms with Crippen LogP contribution in [0.1, 0.15) is 51.0 Å². The quantitative estimate of drug-likeness (QED) is 0.916. The number of para-hydroxylation sites is 1. The van der Waals surface area contributed by atoms with Gasteiger partial charge in [-0.2, -0.15) is 0 Å². The van der Waals surface area contributed by atoms with Crippen molar-refractivity contribution in [2.45, 2.75) is 57.9 Å². The van der Waals surface area contributed by atoms with Crippen LogP contribution in [0.3, 0.4) is 0 Å². The van der Waals surface area contributed by atoms with Crippen molar-refractivity contribution in [3.05, 3.63) is 29.8 Å². The smallest absolute Gasteiger partial charge is 0.242 e. The zero-order valence-corrected chi connectivity index (χ0v) is 13.7. The molecule has 1 aliphatic heterocycles. The number of carbonyl (C=O) groups is 1. The fourth-order valence-corrected chi connectivity index (χ4v) is 4.21. The van der Waals surface area contributed by atoms with Crippen LogP contribution in [-0.4, -0.2) is 29.9 Å². The van der Waals surface area contributed by atoms with Gasteiger partial charge in [0.1, 0.15) is 0 Å². The molecule has 1 aromatic rings. The number of nitrogens with zero attached hydrogens (tertiary/aromatic N) is 1. The van der Waals surface area contributed by atoms with Crippen molar-refractivity contribution in [2.24, 2.45) is 5.92 Å². The van der Waals surface area contributed by atoms with Gasteiger partial charge in [-0.3, -0.25) is 4.79 Å². The number of piperidine rings is 1. The van der Waals surface area contributed by atoms with Crippen LogP contribution in [0.25, 0.3) is 0 Å². The third-order valence-electron chi connectivity index (χ3n) is 5.39. The second kappa shape index (κ2) is 7.17. The number of rotatable bonds is 4. The highest BCUT2D eigenvalue weighted by Crippen LogP contribution is 2.35. The van der Waals surface area contributed by atoms with E-state index in [9.17, 15) is 4.79 Å². The van der Waals surface area contributed by atoms with Gasteiger partial charge in [0, 0.05) is 18.3 Å². The minimum atomic E-state index is 0.280. The number of hydrogen-bond donors (Lipinski definition) is 1. The van der Waals surface area contributed by atoms with Crippen molar-refractivity contribution < 1.29 is 4.79 Å². The molecule has 2 atom stereocenters. The summed E-state index contributed by atoms with van der Waals surface area (Å²) in [6.07, 6.45) is 8.66. The first-order valence-electron chi connectivity index (χ1n) is 8.91. The van der Waals surface area contributed by atoms with Gasteiger partial charge in [-0.15, -0.1) is 0 Å². The molecule has 0 radical (unpaired) electrons. The normalized spacial score (nSPS) is 24.7. The second-order valence-corrected chi connectivity index (χ2v) is 6.71. The van der Waals surface area contributed by atoms with E-state index in [2.05, 4.69) is 35.3 Å². The van der Waals surface area contributed by atoms with Crippen LogP contribution < -0.4 is 5.32 Å². The Kier molecular flexibility index (Phi) is 5.01. The van der Waals surface area contributed by atoms with Gasteiger partial charge in [-0.1, -0.05) is 38.0 Å². The predicted molar refractivity (Wildman–Crippen MR) is 91.0 cm³/mol. The molecular weight excluding hydrogens is 272 g/mol. The molecule has 1 aromatic carbocycles. The van der Waals surface area contributed by atoms with Crippen LogP contribution in [0, 0.1) is 5.92 Å². The highest BCUT2D eigenvalue weighted by Gasteiger charge is 2.35. The average molecular weight is 300 g/mol. The summed E-state index contributed by atoms with van der Waals surface area (Å²) in [7, 11) is 0. The first-order chi connectivity index (χ1) is 10.8. The molecule has 3 heteroatoms. The monoisotopic (exact) mass is 300 g/mol. The maximum Gasteiger partial charge on any atom is 0.242 e. The Morgan fingerprint density at radius 1 is 1.18 bits per heavy atom. The lowest BCUT2D eigenvalue weighted by atomic mass is 9.78. The standard InChI is InChI=1S/C19H28N2O/c1-2-15-8-3-5-11-17(15)20-14-19(22)21-13-7-10-16-9-4-6-12-18(16)21/h3,5,8,11,16,18,20H,2,4,6-7,9-10,12-14H2,1H3. The van der Waals surface area contributed by atoms with E-state index in [0.29, 0.717) is 12.6 Å². The van der Waals surface area contributed by atoms with Gasteiger partial charge in [0.05, 0.1) is 6.54 Å². The predicted octanol–water partition coefficient (Wildman–Crippen LogP) is 3.84. The number of benzene rings is 1. The summed E-state index contributed by atoms with van der Waals surface area (Å²) in [6, 6.07) is 8.81. The van der Waals surface area contributed by atoms with Crippen molar-refractivity contribution >= 4 is 11.6 Å². The molecule has 3 nitrogen and oxygen atoms in total. The molecule has 1 aliphatic carbocycles. The van der Waals surface area contributed by atoms with Gasteiger partial charge in [-0.05, 0) is 49.7 Å². The van der Waals surface area contributed by atoms with Crippen LogP contribution in [0.5, 0.6) is 0 Å². The molecular formula is C19H28N2O. The number of aryl methyl sites for hydroxylation is 1. The van der Waals surface area contributed by atoms with Gasteiger partial charge in [-0.25, -0.2) is 0 Å². The van der Waals surface area contributed by atoms with E-state index >= 15 is 0 Å². The number of anilines is 1. The molecule has 1 heterocycles. The number of carbonyl (C=O) groups excluding carboxylic acids is 1. The van der Waals surface area contributed by atoms with Gasteiger partial charge < -0.3 is 10.2 Å². The summed E-state index contributed by atoms with van der Waals surface area (Å²) in [6.45, 7) is 3.54. The molecule has 22 heavy (non-hydrogen) atoms. The lowest BCUT2D eigenvalue weighted by Gasteiger charge is -2.44. The van der Waals surface area contributed by atoms with Crippen LogP contribution >= 0.6 is 0 Å². The Balaban J connectivity index is 1.61. The van der Waals surface area contributed by atoms with Crippen LogP contribution in [0.15, 0.2) is 24.3 Å². The second-order valence-electron chi connectivity index (χ2n) is 6.71. The molecule has 0 bridgehead atoms. The fourth-order valence-electron chi connectivity index (χ4n) is 4.21. The van der Waals surface area contributed by atoms with E-state index in [1.807, 2.05) is 6.07 Å². The van der Waals surface area contributed by atoms with E-state index in [1.54, 1.807) is 0 Å². The molecule has 1 N–H and O–H groups in total. The number of amides is 1. The van der Waals surface area contributed by atoms with Crippen LogP contribution in [-0.2, 0) is 11.2 Å². The van der Waals surface area contributed by atoms with E-state index in [1.165, 1.54) is 44.1 Å². The minimum absolute atomic E-state index is 0.280. The summed E-state index contributed by atoms with van der Waals surface area (Å²) in [5, 5.41) is 3.37. The molecule has 0 spiro atoms. The number of fused-ring (bicyclic) bond motifs is 1. The molecule has 120 valence electrons. The first-order valence-corrected chi connectivity index (χ1v) is 8.91. The Bertz CT molecular complexity index is 512. The van der Waals surface area contributed by atoms with Crippen molar-refractivity contribution in [3.63, 3.8) is 0 Å². The lowest BCUT2D eigenvalue weighted by Crippen LogP contribution is -2.51. The van der Waals surface area contributed by atoms with Gasteiger partial charge in [0.2, 0.25) is 5.91 Å². The van der Waals surface area contributed by atoms with Crippen LogP contribution in [0.2, 0.25) is 0 Å². The van der Waals surface area contributed by atoms with E-state index in [-0.39, 0.29) is 5.91 Å². The summed E-state index contributed by atoms with van der Waals surface area (Å²) in [5.74, 6) is 1.04. The number of likely N-dealkylation sites (tertiary alicyclic amines) is 1. The summed E-state index contributed by atoms with van der Waals surface area (Å²) in [4.78, 5) is 14.9. The zero-order valence-electron chi connectivity index (χ0n) is 13.7. The molecule has 1 saturated carbocycles. The molecule has 2 fully saturated rings. The van der Waals surface area contributed by atoms with Crippen LogP contribution in [0.4, 0.5) is 5.69 Å². The highest BCUT2D eigenvalue weighted by atomic mass is 16.2. The fraction of sp³-hybridized carbons (Fsp3) is 0.632. The van der Waals surface area contributed by atoms with Gasteiger partial charge in [0.25, 0.3) is 0 Å². The first kappa shape index (κ1) is 15.4. The molecule has 2 unspecified atom stereocenters. The highest BCUT2D eigenvalue weighted by molar-refractivity contribution is 5.81. The lowest BCUT2D eigenvalue weighted by molar-refractivity contribution is -0.135. The summed E-state index contributed by atoms with van der Waals surface area (Å²) in [5.41, 5.74) is 2.39. The molecule has 3 rings (SSSR count). The minimum Gasteiger partial charge on any atom is -0.376 e.